The summed E-state index contributed by atoms with van der Waals surface area (Å²) >= 11 is 1.47. The fourth-order valence-electron chi connectivity index (χ4n) is 2.72. The van der Waals surface area contributed by atoms with Crippen molar-refractivity contribution in [2.24, 2.45) is 0 Å². The standard InChI is InChI=1S/C19H12N8OS/c28-18(15-11-27(26-25-15)12-4-3-7-20-10-12)23-16-13-6-9-29-19(13)24-17(22-16)14-5-1-2-8-21-14/h1-11H,(H,22,23,24,28). The molecule has 0 radical (unpaired) electrons. The van der Waals surface area contributed by atoms with Crippen LogP contribution >= 0.6 is 11.3 Å². The van der Waals surface area contributed by atoms with Crippen LogP contribution in [-0.4, -0.2) is 40.8 Å². The maximum Gasteiger partial charge on any atom is 0.279 e. The number of carbonyl (C=O) groups excluding carboxylic acids is 1. The fraction of sp³-hybridized carbons (Fsp3) is 0. The molecule has 0 atom stereocenters. The molecule has 0 unspecified atom stereocenters. The van der Waals surface area contributed by atoms with Crippen LogP contribution in [0.3, 0.4) is 0 Å². The number of hydrogen-bond acceptors (Lipinski definition) is 8. The van der Waals surface area contributed by atoms with E-state index < -0.39 is 5.91 Å². The molecule has 5 rings (SSSR count). The van der Waals surface area contributed by atoms with E-state index in [1.165, 1.54) is 22.2 Å². The monoisotopic (exact) mass is 400 g/mol. The van der Waals surface area contributed by atoms with Crippen molar-refractivity contribution in [1.82, 2.24) is 34.9 Å². The van der Waals surface area contributed by atoms with Crippen LogP contribution in [0.15, 0.2) is 66.6 Å². The van der Waals surface area contributed by atoms with Crippen LogP contribution in [-0.2, 0) is 0 Å². The van der Waals surface area contributed by atoms with E-state index in [1.807, 2.05) is 35.7 Å². The Bertz CT molecular complexity index is 1300. The smallest absolute Gasteiger partial charge is 0.279 e. The van der Waals surface area contributed by atoms with Crippen molar-refractivity contribution in [3.63, 3.8) is 0 Å². The van der Waals surface area contributed by atoms with Crippen molar-refractivity contribution < 1.29 is 4.79 Å². The van der Waals surface area contributed by atoms with E-state index >= 15 is 0 Å². The Morgan fingerprint density at radius 1 is 1.07 bits per heavy atom. The Morgan fingerprint density at radius 3 is 2.86 bits per heavy atom. The number of hydrogen-bond donors (Lipinski definition) is 1. The van der Waals surface area contributed by atoms with Crippen molar-refractivity contribution in [3.05, 3.63) is 72.3 Å². The molecule has 1 N–H and O–H groups in total. The SMILES string of the molecule is O=C(Nc1nc(-c2ccccn2)nc2sccc12)c1cn(-c2cccnc2)nn1. The second-order valence-corrected chi connectivity index (χ2v) is 6.86. The van der Waals surface area contributed by atoms with Gasteiger partial charge in [0.15, 0.2) is 11.5 Å². The number of amides is 1. The molecule has 10 heteroatoms. The Labute approximate surface area is 168 Å². The van der Waals surface area contributed by atoms with Gasteiger partial charge in [-0.2, -0.15) is 0 Å². The predicted molar refractivity (Wildman–Crippen MR) is 108 cm³/mol. The van der Waals surface area contributed by atoms with E-state index in [2.05, 4.69) is 35.6 Å². The quantitative estimate of drug-likeness (QED) is 0.493. The van der Waals surface area contributed by atoms with Crippen molar-refractivity contribution in [2.75, 3.05) is 5.32 Å². The normalized spacial score (nSPS) is 10.9. The molecule has 0 bridgehead atoms. The number of nitrogens with one attached hydrogen (secondary N) is 1. The molecule has 140 valence electrons. The van der Waals surface area contributed by atoms with Gasteiger partial charge in [0.05, 0.1) is 23.5 Å². The third-order valence-corrected chi connectivity index (χ3v) is 4.89. The third kappa shape index (κ3) is 3.32. The molecular formula is C19H12N8OS. The first kappa shape index (κ1) is 17.1. The molecule has 5 heterocycles. The van der Waals surface area contributed by atoms with Gasteiger partial charge in [0, 0.05) is 12.4 Å². The van der Waals surface area contributed by atoms with Gasteiger partial charge in [-0.15, -0.1) is 16.4 Å². The minimum absolute atomic E-state index is 0.162. The van der Waals surface area contributed by atoms with E-state index in [0.717, 1.165) is 10.2 Å². The summed E-state index contributed by atoms with van der Waals surface area (Å²) in [6.07, 6.45) is 6.51. The van der Waals surface area contributed by atoms with Crippen molar-refractivity contribution in [1.29, 1.82) is 0 Å². The van der Waals surface area contributed by atoms with E-state index in [0.29, 0.717) is 23.0 Å². The molecule has 1 amide bonds. The molecule has 0 saturated carbocycles. The van der Waals surface area contributed by atoms with Crippen LogP contribution in [0.25, 0.3) is 27.4 Å². The van der Waals surface area contributed by atoms with Crippen LogP contribution in [0.2, 0.25) is 0 Å². The fourth-order valence-corrected chi connectivity index (χ4v) is 3.48. The van der Waals surface area contributed by atoms with E-state index in [9.17, 15) is 4.79 Å². The highest BCUT2D eigenvalue weighted by atomic mass is 32.1. The lowest BCUT2D eigenvalue weighted by molar-refractivity contribution is 0.102. The number of nitrogens with zero attached hydrogens (tertiary/aromatic N) is 7. The van der Waals surface area contributed by atoms with Gasteiger partial charge in [-0.05, 0) is 35.7 Å². The van der Waals surface area contributed by atoms with Crippen LogP contribution in [0.4, 0.5) is 5.82 Å². The predicted octanol–water partition coefficient (Wildman–Crippen LogP) is 2.98. The zero-order valence-corrected chi connectivity index (χ0v) is 15.6. The first-order valence-corrected chi connectivity index (χ1v) is 9.47. The first-order chi connectivity index (χ1) is 14.3. The molecule has 0 aliphatic heterocycles. The highest BCUT2D eigenvalue weighted by Crippen LogP contribution is 2.28. The Kier molecular flexibility index (Phi) is 4.22. The van der Waals surface area contributed by atoms with Gasteiger partial charge < -0.3 is 5.32 Å². The van der Waals surface area contributed by atoms with Crippen molar-refractivity contribution in [2.45, 2.75) is 0 Å². The summed E-state index contributed by atoms with van der Waals surface area (Å²) in [5, 5.41) is 13.4. The van der Waals surface area contributed by atoms with Gasteiger partial charge in [-0.3, -0.25) is 14.8 Å². The average molecular weight is 400 g/mol. The Hall–Kier alpha value is -4.05. The van der Waals surface area contributed by atoms with E-state index in [4.69, 9.17) is 0 Å². The van der Waals surface area contributed by atoms with Crippen LogP contribution < -0.4 is 5.32 Å². The first-order valence-electron chi connectivity index (χ1n) is 8.59. The molecule has 0 aliphatic rings. The molecule has 0 aliphatic carbocycles. The van der Waals surface area contributed by atoms with Gasteiger partial charge in [0.2, 0.25) is 0 Å². The number of thiophene rings is 1. The summed E-state index contributed by atoms with van der Waals surface area (Å²) in [6.45, 7) is 0. The molecular weight excluding hydrogens is 388 g/mol. The summed E-state index contributed by atoms with van der Waals surface area (Å²) in [5.41, 5.74) is 1.50. The molecule has 0 aromatic carbocycles. The second-order valence-electron chi connectivity index (χ2n) is 5.96. The summed E-state index contributed by atoms with van der Waals surface area (Å²) in [4.78, 5) is 30.9. The van der Waals surface area contributed by atoms with Crippen LogP contribution in [0.1, 0.15) is 10.5 Å². The number of anilines is 1. The molecule has 0 saturated heterocycles. The summed E-state index contributed by atoms with van der Waals surface area (Å²) in [6, 6.07) is 11.0. The maximum atomic E-state index is 12.8. The van der Waals surface area contributed by atoms with Gasteiger partial charge in [-0.25, -0.2) is 14.6 Å². The number of fused-ring (bicyclic) bond motifs is 1. The lowest BCUT2D eigenvalue weighted by Gasteiger charge is -2.06. The maximum absolute atomic E-state index is 12.8. The van der Waals surface area contributed by atoms with E-state index in [1.54, 1.807) is 24.7 Å². The average Bonchev–Trinajstić information content (AvgIpc) is 3.45. The zero-order valence-electron chi connectivity index (χ0n) is 14.8. The number of carbonyl (C=O) groups is 1. The van der Waals surface area contributed by atoms with E-state index in [-0.39, 0.29) is 5.69 Å². The minimum atomic E-state index is -0.418. The molecule has 5 aromatic heterocycles. The number of pyridine rings is 2. The third-order valence-electron chi connectivity index (χ3n) is 4.09. The molecule has 9 nitrogen and oxygen atoms in total. The largest absolute Gasteiger partial charge is 0.304 e. The van der Waals surface area contributed by atoms with Gasteiger partial charge >= 0.3 is 0 Å². The number of rotatable bonds is 4. The van der Waals surface area contributed by atoms with Crippen LogP contribution in [0.5, 0.6) is 0 Å². The Balaban J connectivity index is 1.48. The molecule has 0 fully saturated rings. The highest BCUT2D eigenvalue weighted by molar-refractivity contribution is 7.16. The second kappa shape index (κ2) is 7.17. The highest BCUT2D eigenvalue weighted by Gasteiger charge is 2.17. The number of aromatic nitrogens is 7. The summed E-state index contributed by atoms with van der Waals surface area (Å²) in [5.74, 6) is 0.422. The zero-order chi connectivity index (χ0) is 19.6. The molecule has 29 heavy (non-hydrogen) atoms. The minimum Gasteiger partial charge on any atom is -0.304 e. The van der Waals surface area contributed by atoms with Crippen molar-refractivity contribution >= 4 is 33.3 Å². The topological polar surface area (TPSA) is 111 Å². The Morgan fingerprint density at radius 2 is 2.03 bits per heavy atom. The molecule has 0 spiro atoms. The van der Waals surface area contributed by atoms with Crippen molar-refractivity contribution in [3.8, 4) is 17.2 Å². The summed E-state index contributed by atoms with van der Waals surface area (Å²) in [7, 11) is 0. The van der Waals surface area contributed by atoms with Gasteiger partial charge in [0.25, 0.3) is 5.91 Å². The summed E-state index contributed by atoms with van der Waals surface area (Å²) < 4.78 is 1.49. The lowest BCUT2D eigenvalue weighted by atomic mass is 10.3. The van der Waals surface area contributed by atoms with Gasteiger partial charge in [-0.1, -0.05) is 11.3 Å². The van der Waals surface area contributed by atoms with Crippen LogP contribution in [0, 0.1) is 0 Å². The van der Waals surface area contributed by atoms with Gasteiger partial charge in [0.1, 0.15) is 16.3 Å². The lowest BCUT2D eigenvalue weighted by Crippen LogP contribution is -2.14. The molecule has 5 aromatic rings.